The molecule has 0 bridgehead atoms. The molecule has 1 aromatic heterocycles. The highest BCUT2D eigenvalue weighted by Gasteiger charge is 1.95. The minimum atomic E-state index is 0.778. The lowest BCUT2D eigenvalue weighted by Gasteiger charge is -1.77. The fourth-order valence-electron chi connectivity index (χ4n) is 0.620. The monoisotopic (exact) mass is 156 g/mol. The third kappa shape index (κ3) is 3.75. The summed E-state index contributed by atoms with van der Waals surface area (Å²) in [7, 11) is 1.94. The van der Waals surface area contributed by atoms with Crippen molar-refractivity contribution in [1.82, 2.24) is 9.55 Å². The molecule has 0 amide bonds. The molecule has 1 aliphatic rings. The number of rotatable bonds is 0. The normalized spacial score (nSPS) is 15.7. The fraction of sp³-hybridized carbons (Fsp3) is 0.571. The van der Waals surface area contributed by atoms with E-state index >= 15 is 0 Å². The molecule has 0 saturated carbocycles. The van der Waals surface area contributed by atoms with Crippen molar-refractivity contribution in [3.63, 3.8) is 0 Å². The number of aryl methyl sites for hydroxylation is 1. The zero-order valence-electron chi connectivity index (χ0n) is 6.56. The molecule has 62 valence electrons. The van der Waals surface area contributed by atoms with Crippen LogP contribution in [-0.4, -0.2) is 22.8 Å². The van der Waals surface area contributed by atoms with Crippen molar-refractivity contribution in [2.45, 2.75) is 6.42 Å². The first kappa shape index (κ1) is 8.23. The molecule has 4 heteroatoms. The number of hydrogen-bond acceptors (Lipinski definition) is 3. The maximum Gasteiger partial charge on any atom is 0.0943 e. The molecule has 2 heterocycles. The van der Waals surface area contributed by atoms with Crippen LogP contribution in [0.4, 0.5) is 0 Å². The van der Waals surface area contributed by atoms with Crippen molar-refractivity contribution in [2.75, 3.05) is 13.2 Å². The molecule has 0 aromatic carbocycles. The van der Waals surface area contributed by atoms with E-state index in [4.69, 9.17) is 0 Å². The van der Waals surface area contributed by atoms with Gasteiger partial charge < -0.3 is 4.57 Å². The van der Waals surface area contributed by atoms with Crippen molar-refractivity contribution in [2.24, 2.45) is 7.05 Å². The van der Waals surface area contributed by atoms with Crippen LogP contribution >= 0.6 is 0 Å². The predicted octanol–water partition coefficient (Wildman–Crippen LogP) is 0.758. The van der Waals surface area contributed by atoms with E-state index < -0.39 is 0 Å². The van der Waals surface area contributed by atoms with E-state index in [-0.39, 0.29) is 0 Å². The Balaban J connectivity index is 0.000000112. The van der Waals surface area contributed by atoms with Gasteiger partial charge in [0.1, 0.15) is 0 Å². The molecule has 1 fully saturated rings. The number of hydrogen-bond donors (Lipinski definition) is 0. The van der Waals surface area contributed by atoms with Crippen LogP contribution in [0, 0.1) is 0 Å². The van der Waals surface area contributed by atoms with Gasteiger partial charge in [-0.15, -0.1) is 0 Å². The summed E-state index contributed by atoms with van der Waals surface area (Å²) in [4.78, 5) is 12.7. The van der Waals surface area contributed by atoms with Crippen molar-refractivity contribution < 1.29 is 9.78 Å². The van der Waals surface area contributed by atoms with E-state index in [1.807, 2.05) is 17.8 Å². The Hall–Kier alpha value is -0.870. The van der Waals surface area contributed by atoms with Gasteiger partial charge in [-0.3, -0.25) is 0 Å². The first-order valence-corrected chi connectivity index (χ1v) is 3.56. The Kier molecular flexibility index (Phi) is 3.64. The number of aromatic nitrogens is 2. The molecule has 0 radical (unpaired) electrons. The van der Waals surface area contributed by atoms with Crippen LogP contribution in [0.3, 0.4) is 0 Å². The molecule has 1 saturated heterocycles. The van der Waals surface area contributed by atoms with Gasteiger partial charge in [0.25, 0.3) is 0 Å². The van der Waals surface area contributed by atoms with Crippen molar-refractivity contribution in [1.29, 1.82) is 0 Å². The van der Waals surface area contributed by atoms with Crippen LogP contribution in [0.1, 0.15) is 6.42 Å². The highest BCUT2D eigenvalue weighted by atomic mass is 17.2. The Bertz CT molecular complexity index is 163. The second kappa shape index (κ2) is 4.87. The standard InChI is InChI=1S/C4H6N2.C3H6O2/c1-6-3-2-5-4-6;1-2-4-5-3-1/h2-4H,1H3;1-3H2. The average molecular weight is 156 g/mol. The Labute approximate surface area is 65.7 Å². The topological polar surface area (TPSA) is 36.3 Å². The average Bonchev–Trinajstić information content (AvgIpc) is 2.57. The smallest absolute Gasteiger partial charge is 0.0943 e. The summed E-state index contributed by atoms with van der Waals surface area (Å²) in [5.41, 5.74) is 0. The molecule has 0 spiro atoms. The minimum Gasteiger partial charge on any atom is -0.341 e. The lowest BCUT2D eigenvalue weighted by atomic mass is 10.5. The Morgan fingerprint density at radius 3 is 2.27 bits per heavy atom. The summed E-state index contributed by atoms with van der Waals surface area (Å²) in [5, 5.41) is 0. The molecular weight excluding hydrogens is 144 g/mol. The molecule has 0 atom stereocenters. The van der Waals surface area contributed by atoms with Crippen LogP contribution in [0.2, 0.25) is 0 Å². The van der Waals surface area contributed by atoms with E-state index in [0.717, 1.165) is 19.6 Å². The van der Waals surface area contributed by atoms with Gasteiger partial charge in [-0.1, -0.05) is 0 Å². The Morgan fingerprint density at radius 1 is 1.36 bits per heavy atom. The Morgan fingerprint density at radius 2 is 2.09 bits per heavy atom. The molecular formula is C7H12N2O2. The second-order valence-corrected chi connectivity index (χ2v) is 2.23. The summed E-state index contributed by atoms with van der Waals surface area (Å²) in [6.45, 7) is 1.56. The molecule has 0 unspecified atom stereocenters. The summed E-state index contributed by atoms with van der Waals surface area (Å²) in [6.07, 6.45) is 6.44. The highest BCUT2D eigenvalue weighted by Crippen LogP contribution is 1.93. The third-order valence-electron chi connectivity index (χ3n) is 1.18. The summed E-state index contributed by atoms with van der Waals surface area (Å²) < 4.78 is 1.89. The van der Waals surface area contributed by atoms with Gasteiger partial charge in [-0.2, -0.15) is 0 Å². The van der Waals surface area contributed by atoms with Crippen LogP contribution < -0.4 is 0 Å². The summed E-state index contributed by atoms with van der Waals surface area (Å²) in [5.74, 6) is 0. The van der Waals surface area contributed by atoms with E-state index in [2.05, 4.69) is 14.8 Å². The van der Waals surface area contributed by atoms with Crippen molar-refractivity contribution in [3.05, 3.63) is 18.7 Å². The first-order chi connectivity index (χ1) is 5.39. The van der Waals surface area contributed by atoms with Crippen LogP contribution in [0.15, 0.2) is 18.7 Å². The van der Waals surface area contributed by atoms with Gasteiger partial charge in [0, 0.05) is 25.9 Å². The highest BCUT2D eigenvalue weighted by molar-refractivity contribution is 4.70. The van der Waals surface area contributed by atoms with Gasteiger partial charge in [-0.05, 0) is 0 Å². The molecule has 0 N–H and O–H groups in total. The minimum absolute atomic E-state index is 0.778. The summed E-state index contributed by atoms with van der Waals surface area (Å²) >= 11 is 0. The van der Waals surface area contributed by atoms with Gasteiger partial charge in [0.05, 0.1) is 19.5 Å². The summed E-state index contributed by atoms with van der Waals surface area (Å²) in [6, 6.07) is 0. The zero-order valence-corrected chi connectivity index (χ0v) is 6.56. The van der Waals surface area contributed by atoms with Gasteiger partial charge in [0.2, 0.25) is 0 Å². The van der Waals surface area contributed by atoms with Gasteiger partial charge in [0.15, 0.2) is 0 Å². The molecule has 1 aliphatic heterocycles. The third-order valence-corrected chi connectivity index (χ3v) is 1.18. The van der Waals surface area contributed by atoms with Crippen molar-refractivity contribution >= 4 is 0 Å². The van der Waals surface area contributed by atoms with E-state index in [1.54, 1.807) is 12.5 Å². The molecule has 2 rings (SSSR count). The van der Waals surface area contributed by atoms with E-state index in [0.29, 0.717) is 0 Å². The lowest BCUT2D eigenvalue weighted by molar-refractivity contribution is -0.248. The largest absolute Gasteiger partial charge is 0.341 e. The SMILES string of the molecule is C1COOC1.Cn1ccnc1. The zero-order chi connectivity index (χ0) is 7.94. The molecule has 0 aliphatic carbocycles. The second-order valence-electron chi connectivity index (χ2n) is 2.23. The van der Waals surface area contributed by atoms with Crippen LogP contribution in [0.25, 0.3) is 0 Å². The molecule has 11 heavy (non-hydrogen) atoms. The number of imidazole rings is 1. The van der Waals surface area contributed by atoms with E-state index in [1.165, 1.54) is 0 Å². The van der Waals surface area contributed by atoms with Crippen molar-refractivity contribution in [3.8, 4) is 0 Å². The van der Waals surface area contributed by atoms with Crippen LogP contribution in [0.5, 0.6) is 0 Å². The van der Waals surface area contributed by atoms with Crippen LogP contribution in [-0.2, 0) is 16.8 Å². The fourth-order valence-corrected chi connectivity index (χ4v) is 0.620. The lowest BCUT2D eigenvalue weighted by Crippen LogP contribution is -1.76. The predicted molar refractivity (Wildman–Crippen MR) is 39.7 cm³/mol. The quantitative estimate of drug-likeness (QED) is 0.520. The first-order valence-electron chi connectivity index (χ1n) is 3.56. The number of nitrogens with zero attached hydrogens (tertiary/aromatic N) is 2. The van der Waals surface area contributed by atoms with Gasteiger partial charge >= 0.3 is 0 Å². The maximum atomic E-state index is 4.44. The van der Waals surface area contributed by atoms with Gasteiger partial charge in [-0.25, -0.2) is 14.8 Å². The molecule has 4 nitrogen and oxygen atoms in total. The molecule has 1 aromatic rings. The maximum absolute atomic E-state index is 4.44. The van der Waals surface area contributed by atoms with E-state index in [9.17, 15) is 0 Å².